The average Bonchev–Trinajstić information content (AvgIpc) is 3.17. The Kier molecular flexibility index (Phi) is 4.68. The summed E-state index contributed by atoms with van der Waals surface area (Å²) >= 11 is 1.64. The van der Waals surface area contributed by atoms with Crippen molar-refractivity contribution in [3.05, 3.63) is 29.0 Å². The first-order valence-electron chi connectivity index (χ1n) is 7.44. The number of nitriles is 1. The van der Waals surface area contributed by atoms with E-state index in [-0.39, 0.29) is 5.82 Å². The Morgan fingerprint density at radius 1 is 1.30 bits per heavy atom. The number of nitrogens with zero attached hydrogens (tertiary/aromatic N) is 4. The highest BCUT2D eigenvalue weighted by Gasteiger charge is 2.09. The molecule has 0 unspecified atom stereocenters. The van der Waals surface area contributed by atoms with Crippen molar-refractivity contribution in [2.24, 2.45) is 0 Å². The highest BCUT2D eigenvalue weighted by molar-refractivity contribution is 7.17. The number of aromatic amines is 1. The first kappa shape index (κ1) is 15.2. The summed E-state index contributed by atoms with van der Waals surface area (Å²) in [5, 5.41) is 21.1. The van der Waals surface area contributed by atoms with Gasteiger partial charge in [0.25, 0.3) is 0 Å². The van der Waals surface area contributed by atoms with Crippen molar-refractivity contribution in [3.63, 3.8) is 0 Å². The number of anilines is 2. The second-order valence-corrected chi connectivity index (χ2v) is 6.08. The van der Waals surface area contributed by atoms with E-state index in [9.17, 15) is 0 Å². The smallest absolute Gasteiger partial charge is 0.163 e. The molecule has 0 aliphatic rings. The van der Waals surface area contributed by atoms with Gasteiger partial charge < -0.3 is 11.1 Å². The summed E-state index contributed by atoms with van der Waals surface area (Å²) in [5.41, 5.74) is 7.90. The van der Waals surface area contributed by atoms with Crippen LogP contribution >= 0.6 is 11.3 Å². The zero-order valence-corrected chi connectivity index (χ0v) is 13.4. The molecule has 3 rings (SSSR count). The molecule has 0 saturated carbocycles. The quantitative estimate of drug-likeness (QED) is 0.574. The van der Waals surface area contributed by atoms with Gasteiger partial charge in [-0.3, -0.25) is 5.10 Å². The van der Waals surface area contributed by atoms with Crippen molar-refractivity contribution >= 4 is 33.2 Å². The van der Waals surface area contributed by atoms with E-state index in [2.05, 4.69) is 31.6 Å². The molecule has 0 radical (unpaired) electrons. The molecule has 3 heterocycles. The van der Waals surface area contributed by atoms with Gasteiger partial charge in [0, 0.05) is 6.54 Å². The van der Waals surface area contributed by atoms with E-state index < -0.39 is 0 Å². The van der Waals surface area contributed by atoms with Crippen LogP contribution in [0.3, 0.4) is 0 Å². The van der Waals surface area contributed by atoms with E-state index in [1.807, 2.05) is 11.4 Å². The third-order valence-corrected chi connectivity index (χ3v) is 4.53. The number of nitrogen functional groups attached to an aromatic ring is 1. The summed E-state index contributed by atoms with van der Waals surface area (Å²) < 4.78 is 1.10. The molecule has 0 fully saturated rings. The molecule has 0 bridgehead atoms. The van der Waals surface area contributed by atoms with Crippen molar-refractivity contribution in [3.8, 4) is 6.07 Å². The fourth-order valence-electron chi connectivity index (χ4n) is 2.42. The predicted octanol–water partition coefficient (Wildman–Crippen LogP) is 2.69. The van der Waals surface area contributed by atoms with Crippen LogP contribution < -0.4 is 11.1 Å². The minimum atomic E-state index is 0.285. The minimum absolute atomic E-state index is 0.285. The van der Waals surface area contributed by atoms with Crippen molar-refractivity contribution < 1.29 is 0 Å². The van der Waals surface area contributed by atoms with Gasteiger partial charge >= 0.3 is 0 Å². The molecule has 0 aromatic carbocycles. The van der Waals surface area contributed by atoms with Gasteiger partial charge in [0.15, 0.2) is 5.82 Å². The van der Waals surface area contributed by atoms with Crippen LogP contribution in [0.25, 0.3) is 10.2 Å². The first-order valence-corrected chi connectivity index (χ1v) is 8.32. The highest BCUT2D eigenvalue weighted by Crippen LogP contribution is 2.24. The van der Waals surface area contributed by atoms with Crippen LogP contribution in [0.2, 0.25) is 0 Å². The fourth-order valence-corrected chi connectivity index (χ4v) is 3.24. The van der Waals surface area contributed by atoms with Crippen molar-refractivity contribution in [1.82, 2.24) is 20.2 Å². The molecule has 0 amide bonds. The Morgan fingerprint density at radius 2 is 2.22 bits per heavy atom. The van der Waals surface area contributed by atoms with Gasteiger partial charge in [0.2, 0.25) is 0 Å². The second-order valence-electron chi connectivity index (χ2n) is 5.17. The molecular formula is C15H17N7S. The summed E-state index contributed by atoms with van der Waals surface area (Å²) in [4.78, 5) is 8.52. The number of aromatic nitrogens is 4. The molecule has 0 aliphatic carbocycles. The van der Waals surface area contributed by atoms with Crippen molar-refractivity contribution in [1.29, 1.82) is 5.26 Å². The maximum Gasteiger partial charge on any atom is 0.163 e. The fraction of sp³-hybridized carbons (Fsp3) is 0.333. The molecule has 0 atom stereocenters. The van der Waals surface area contributed by atoms with E-state index in [0.29, 0.717) is 5.56 Å². The number of hydrogen-bond donors (Lipinski definition) is 3. The van der Waals surface area contributed by atoms with Crippen LogP contribution in [0.1, 0.15) is 30.5 Å². The van der Waals surface area contributed by atoms with Gasteiger partial charge in [-0.15, -0.1) is 11.3 Å². The minimum Gasteiger partial charge on any atom is -0.381 e. The Morgan fingerprint density at radius 3 is 3.09 bits per heavy atom. The molecule has 3 aromatic rings. The maximum atomic E-state index is 9.01. The van der Waals surface area contributed by atoms with Gasteiger partial charge in [-0.2, -0.15) is 10.4 Å². The largest absolute Gasteiger partial charge is 0.381 e. The first-order chi connectivity index (χ1) is 11.3. The van der Waals surface area contributed by atoms with Crippen LogP contribution in [0.15, 0.2) is 17.8 Å². The Labute approximate surface area is 137 Å². The molecule has 0 spiro atoms. The molecule has 0 saturated heterocycles. The maximum absolute atomic E-state index is 9.01. The molecule has 118 valence electrons. The topological polar surface area (TPSA) is 116 Å². The Balaban J connectivity index is 1.42. The summed E-state index contributed by atoms with van der Waals surface area (Å²) in [6.45, 7) is 0.861. The standard InChI is InChI=1S/C15H17N7S/c16-8-10-11(21-22-14(10)17)4-2-1-3-6-18-15-13-12(5-7-23-13)19-9-20-15/h5,7,9H,1-4,6H2,(H3,17,21,22)(H,18,19,20). The summed E-state index contributed by atoms with van der Waals surface area (Å²) in [7, 11) is 0. The summed E-state index contributed by atoms with van der Waals surface area (Å²) in [6.07, 6.45) is 5.44. The number of nitrogens with two attached hydrogens (primary N) is 1. The Hall–Kier alpha value is -2.66. The van der Waals surface area contributed by atoms with Crippen LogP contribution in [0, 0.1) is 11.3 Å². The summed E-state index contributed by atoms with van der Waals surface area (Å²) in [6, 6.07) is 4.08. The van der Waals surface area contributed by atoms with E-state index in [1.165, 1.54) is 0 Å². The molecule has 4 N–H and O–H groups in total. The van der Waals surface area contributed by atoms with Crippen LogP contribution in [0.4, 0.5) is 11.6 Å². The Bertz CT molecular complexity index is 830. The molecule has 23 heavy (non-hydrogen) atoms. The molecule has 3 aromatic heterocycles. The van der Waals surface area contributed by atoms with E-state index >= 15 is 0 Å². The summed E-state index contributed by atoms with van der Waals surface area (Å²) in [5.74, 6) is 1.19. The number of unbranched alkanes of at least 4 members (excludes halogenated alkanes) is 2. The third-order valence-electron chi connectivity index (χ3n) is 3.62. The van der Waals surface area contributed by atoms with Crippen molar-refractivity contribution in [2.45, 2.75) is 25.7 Å². The predicted molar refractivity (Wildman–Crippen MR) is 91.2 cm³/mol. The number of fused-ring (bicyclic) bond motifs is 1. The van der Waals surface area contributed by atoms with Gasteiger partial charge in [-0.05, 0) is 30.7 Å². The number of H-pyrrole nitrogens is 1. The number of thiophene rings is 1. The van der Waals surface area contributed by atoms with E-state index in [1.54, 1.807) is 17.7 Å². The number of aryl methyl sites for hydroxylation is 1. The lowest BCUT2D eigenvalue weighted by Gasteiger charge is -2.06. The number of rotatable bonds is 7. The molecule has 7 nitrogen and oxygen atoms in total. The van der Waals surface area contributed by atoms with Gasteiger partial charge in [-0.25, -0.2) is 9.97 Å². The number of nitrogens with one attached hydrogen (secondary N) is 2. The molecule has 0 aliphatic heterocycles. The lowest BCUT2D eigenvalue weighted by atomic mass is 10.1. The average molecular weight is 327 g/mol. The van der Waals surface area contributed by atoms with Crippen molar-refractivity contribution in [2.75, 3.05) is 17.6 Å². The normalized spacial score (nSPS) is 10.7. The monoisotopic (exact) mass is 327 g/mol. The highest BCUT2D eigenvalue weighted by atomic mass is 32.1. The second kappa shape index (κ2) is 7.07. The molecule has 8 heteroatoms. The van der Waals surface area contributed by atoms with E-state index in [0.717, 1.165) is 54.0 Å². The lowest BCUT2D eigenvalue weighted by molar-refractivity contribution is 0.687. The number of hydrogen-bond acceptors (Lipinski definition) is 7. The molecular weight excluding hydrogens is 310 g/mol. The van der Waals surface area contributed by atoms with Crippen LogP contribution in [0.5, 0.6) is 0 Å². The zero-order valence-electron chi connectivity index (χ0n) is 12.5. The zero-order chi connectivity index (χ0) is 16.1. The van der Waals surface area contributed by atoms with Gasteiger partial charge in [-0.1, -0.05) is 6.42 Å². The van der Waals surface area contributed by atoms with E-state index in [4.69, 9.17) is 11.0 Å². The van der Waals surface area contributed by atoms with Crippen LogP contribution in [-0.4, -0.2) is 26.7 Å². The lowest BCUT2D eigenvalue weighted by Crippen LogP contribution is -2.04. The van der Waals surface area contributed by atoms with Gasteiger partial charge in [0.1, 0.15) is 23.8 Å². The third kappa shape index (κ3) is 3.40. The SMILES string of the molecule is N#Cc1c(N)n[nH]c1CCCCCNc1ncnc2ccsc12. The van der Waals surface area contributed by atoms with Crippen LogP contribution in [-0.2, 0) is 6.42 Å². The van der Waals surface area contributed by atoms with Gasteiger partial charge in [0.05, 0.1) is 15.9 Å².